The first-order chi connectivity index (χ1) is 17.9. The molecule has 0 fully saturated rings. The van der Waals surface area contributed by atoms with Crippen LogP contribution >= 0.6 is 23.1 Å². The summed E-state index contributed by atoms with van der Waals surface area (Å²) in [4.78, 5) is 36.8. The van der Waals surface area contributed by atoms with E-state index in [1.54, 1.807) is 49.0 Å². The summed E-state index contributed by atoms with van der Waals surface area (Å²) < 4.78 is 36.2. The Kier molecular flexibility index (Phi) is 7.01. The summed E-state index contributed by atoms with van der Waals surface area (Å²) in [5.74, 6) is 0.551. The highest BCUT2D eigenvalue weighted by Gasteiger charge is 2.32. The molecule has 0 unspecified atom stereocenters. The van der Waals surface area contributed by atoms with Crippen molar-refractivity contribution in [2.75, 3.05) is 12.0 Å². The Balaban J connectivity index is 1.45. The number of fused-ring (bicyclic) bond motifs is 1. The van der Waals surface area contributed by atoms with Gasteiger partial charge in [-0.25, -0.2) is 9.98 Å². The first-order valence-corrected chi connectivity index (χ1v) is 12.7. The van der Waals surface area contributed by atoms with E-state index in [0.717, 1.165) is 5.56 Å². The first-order valence-electron chi connectivity index (χ1n) is 10.8. The van der Waals surface area contributed by atoms with Crippen molar-refractivity contribution in [1.29, 1.82) is 0 Å². The fraction of sp³-hybridized carbons (Fsp3) is 0.120. The van der Waals surface area contributed by atoms with Crippen LogP contribution in [-0.2, 0) is 10.5 Å². The lowest BCUT2D eigenvalue weighted by Crippen LogP contribution is -2.30. The summed E-state index contributed by atoms with van der Waals surface area (Å²) in [5, 5.41) is 2.14. The van der Waals surface area contributed by atoms with Crippen molar-refractivity contribution in [1.82, 2.24) is 9.38 Å². The largest absolute Gasteiger partial charge is 0.497 e. The van der Waals surface area contributed by atoms with Crippen LogP contribution in [0.5, 0.6) is 11.5 Å². The smallest absolute Gasteiger partial charge is 0.387 e. The first kappa shape index (κ1) is 24.7. The fourth-order valence-electron chi connectivity index (χ4n) is 3.56. The number of carbonyl (C=O) groups excluding carboxylic acids is 1. The highest BCUT2D eigenvalue weighted by atomic mass is 32.2. The van der Waals surface area contributed by atoms with Gasteiger partial charge < -0.3 is 9.47 Å². The van der Waals surface area contributed by atoms with Crippen molar-refractivity contribution in [3.8, 4) is 11.5 Å². The quantitative estimate of drug-likeness (QED) is 0.305. The normalized spacial score (nSPS) is 14.6. The number of thiazole rings is 1. The van der Waals surface area contributed by atoms with Gasteiger partial charge in [-0.2, -0.15) is 8.78 Å². The van der Waals surface area contributed by atoms with Crippen LogP contribution in [0.4, 0.5) is 14.5 Å². The van der Waals surface area contributed by atoms with Gasteiger partial charge in [0, 0.05) is 23.4 Å². The van der Waals surface area contributed by atoms with Crippen LogP contribution in [-0.4, -0.2) is 34.2 Å². The Morgan fingerprint density at radius 1 is 1.08 bits per heavy atom. The zero-order chi connectivity index (χ0) is 25.9. The third-order valence-electron chi connectivity index (χ3n) is 5.27. The minimum Gasteiger partial charge on any atom is -0.497 e. The van der Waals surface area contributed by atoms with Crippen molar-refractivity contribution in [2.24, 2.45) is 4.99 Å². The number of aliphatic imine (C=N–C) groups is 1. The SMILES string of the molecule is COc1ccc(/C=C2/N=C(SCc3cc(=O)n4ccsc4n3)N(c3ccc(OC(F)F)cc3)C2=O)cc1. The van der Waals surface area contributed by atoms with Crippen LogP contribution in [0, 0.1) is 0 Å². The Hall–Kier alpha value is -4.03. The molecule has 0 N–H and O–H groups in total. The molecule has 188 valence electrons. The van der Waals surface area contributed by atoms with Crippen LogP contribution in [0.25, 0.3) is 11.0 Å². The standard InChI is InChI=1S/C25H18F2N4O4S2/c1-34-18-6-2-15(3-7-18)12-20-22(33)31(17-4-8-19(9-5-17)35-23(26)27)25(29-20)37-14-16-13-21(32)30-10-11-36-24(30)28-16/h2-13,23H,14H2,1H3/b20-12+. The number of halogens is 2. The number of rotatable bonds is 7. The number of carbonyl (C=O) groups is 1. The molecule has 37 heavy (non-hydrogen) atoms. The number of hydrogen-bond acceptors (Lipinski definition) is 8. The Morgan fingerprint density at radius 3 is 2.51 bits per heavy atom. The molecule has 3 heterocycles. The molecule has 1 aliphatic rings. The number of anilines is 1. The van der Waals surface area contributed by atoms with E-state index in [1.807, 2.05) is 0 Å². The summed E-state index contributed by atoms with van der Waals surface area (Å²) >= 11 is 2.58. The van der Waals surface area contributed by atoms with Gasteiger partial charge in [0.05, 0.1) is 18.5 Å². The molecule has 5 rings (SSSR count). The molecule has 4 aromatic rings. The van der Waals surface area contributed by atoms with Gasteiger partial charge >= 0.3 is 6.61 Å². The molecule has 0 radical (unpaired) electrons. The summed E-state index contributed by atoms with van der Waals surface area (Å²) in [5.41, 5.74) is 1.72. The lowest BCUT2D eigenvalue weighted by Gasteiger charge is -2.18. The monoisotopic (exact) mass is 540 g/mol. The number of alkyl halides is 2. The molecule has 0 saturated heterocycles. The number of amides is 1. The van der Waals surface area contributed by atoms with Gasteiger partial charge in [0.2, 0.25) is 0 Å². The van der Waals surface area contributed by atoms with Crippen LogP contribution in [0.3, 0.4) is 0 Å². The summed E-state index contributed by atoms with van der Waals surface area (Å²) in [6, 6.07) is 14.3. The number of methoxy groups -OCH3 is 1. The van der Waals surface area contributed by atoms with E-state index in [9.17, 15) is 18.4 Å². The average Bonchev–Trinajstić information content (AvgIpc) is 3.48. The maximum Gasteiger partial charge on any atom is 0.387 e. The lowest BCUT2D eigenvalue weighted by molar-refractivity contribution is -0.113. The molecule has 8 nitrogen and oxygen atoms in total. The van der Waals surface area contributed by atoms with Gasteiger partial charge in [0.1, 0.15) is 17.2 Å². The van der Waals surface area contributed by atoms with E-state index in [4.69, 9.17) is 4.74 Å². The van der Waals surface area contributed by atoms with Crippen LogP contribution in [0.1, 0.15) is 11.3 Å². The van der Waals surface area contributed by atoms with Crippen LogP contribution in [0.2, 0.25) is 0 Å². The predicted molar refractivity (Wildman–Crippen MR) is 140 cm³/mol. The molecule has 0 spiro atoms. The molecule has 0 aliphatic carbocycles. The van der Waals surface area contributed by atoms with Gasteiger partial charge in [-0.15, -0.1) is 11.3 Å². The second-order valence-corrected chi connectivity index (χ2v) is 9.46. The Morgan fingerprint density at radius 2 is 1.81 bits per heavy atom. The average molecular weight is 541 g/mol. The second kappa shape index (κ2) is 10.5. The number of ether oxygens (including phenoxy) is 2. The van der Waals surface area contributed by atoms with E-state index in [2.05, 4.69) is 14.7 Å². The molecule has 1 amide bonds. The highest BCUT2D eigenvalue weighted by molar-refractivity contribution is 8.13. The Bertz CT molecular complexity index is 1560. The van der Waals surface area contributed by atoms with Crippen molar-refractivity contribution in [3.63, 3.8) is 0 Å². The predicted octanol–water partition coefficient (Wildman–Crippen LogP) is 5.04. The molecule has 0 saturated carbocycles. The van der Waals surface area contributed by atoms with E-state index < -0.39 is 6.61 Å². The lowest BCUT2D eigenvalue weighted by atomic mass is 10.2. The molecule has 12 heteroatoms. The second-order valence-electron chi connectivity index (χ2n) is 7.64. The van der Waals surface area contributed by atoms with Gasteiger partial charge in [-0.3, -0.25) is 18.9 Å². The van der Waals surface area contributed by atoms with E-state index >= 15 is 0 Å². The van der Waals surface area contributed by atoms with E-state index in [0.29, 0.717) is 27.3 Å². The van der Waals surface area contributed by atoms with Crippen molar-refractivity contribution >= 4 is 50.9 Å². The molecule has 1 aliphatic heterocycles. The molecule has 0 bridgehead atoms. The van der Waals surface area contributed by atoms with Crippen LogP contribution in [0.15, 0.2) is 81.7 Å². The summed E-state index contributed by atoms with van der Waals surface area (Å²) in [6.07, 6.45) is 3.31. The number of aromatic nitrogens is 2. The molecule has 0 atom stereocenters. The third kappa shape index (κ3) is 5.39. The van der Waals surface area contributed by atoms with E-state index in [-0.39, 0.29) is 28.7 Å². The fourth-order valence-corrected chi connectivity index (χ4v) is 5.20. The molecular formula is C25H18F2N4O4S2. The van der Waals surface area contributed by atoms with E-state index in [1.165, 1.54) is 62.7 Å². The third-order valence-corrected chi connectivity index (χ3v) is 7.00. The number of benzene rings is 2. The minimum absolute atomic E-state index is 0.0283. The Labute approximate surface area is 217 Å². The van der Waals surface area contributed by atoms with Crippen molar-refractivity contribution < 1.29 is 23.0 Å². The minimum atomic E-state index is -2.96. The number of nitrogens with zero attached hydrogens (tertiary/aromatic N) is 4. The summed E-state index contributed by atoms with van der Waals surface area (Å²) in [6.45, 7) is -2.96. The topological polar surface area (TPSA) is 85.5 Å². The maximum atomic E-state index is 13.4. The molecule has 2 aromatic heterocycles. The number of hydrogen-bond donors (Lipinski definition) is 0. The van der Waals surface area contributed by atoms with Gasteiger partial charge in [-0.05, 0) is 48.0 Å². The van der Waals surface area contributed by atoms with Gasteiger partial charge in [0.15, 0.2) is 10.1 Å². The van der Waals surface area contributed by atoms with Crippen molar-refractivity contribution in [2.45, 2.75) is 12.4 Å². The molecular weight excluding hydrogens is 522 g/mol. The zero-order valence-corrected chi connectivity index (χ0v) is 20.8. The number of amidine groups is 1. The highest BCUT2D eigenvalue weighted by Crippen LogP contribution is 2.32. The number of thioether (sulfide) groups is 1. The van der Waals surface area contributed by atoms with Crippen molar-refractivity contribution in [3.05, 3.63) is 93.5 Å². The maximum absolute atomic E-state index is 13.4. The summed E-state index contributed by atoms with van der Waals surface area (Å²) in [7, 11) is 1.57. The van der Waals surface area contributed by atoms with Gasteiger partial charge in [0.25, 0.3) is 11.5 Å². The van der Waals surface area contributed by atoms with Crippen LogP contribution < -0.4 is 19.9 Å². The zero-order valence-electron chi connectivity index (χ0n) is 19.2. The molecule has 2 aromatic carbocycles. The van der Waals surface area contributed by atoms with Gasteiger partial charge in [-0.1, -0.05) is 23.9 Å².